The Labute approximate surface area is 107 Å². The first-order valence-electron chi connectivity index (χ1n) is 7.87. The van der Waals surface area contributed by atoms with E-state index in [9.17, 15) is 0 Å². The fourth-order valence-electron chi connectivity index (χ4n) is 3.54. The van der Waals surface area contributed by atoms with Gasteiger partial charge in [-0.25, -0.2) is 0 Å². The molecule has 0 bridgehead atoms. The molecule has 0 aromatic carbocycles. The van der Waals surface area contributed by atoms with Crippen molar-refractivity contribution in [1.29, 1.82) is 0 Å². The van der Waals surface area contributed by atoms with Crippen LogP contribution in [0.25, 0.3) is 0 Å². The lowest BCUT2D eigenvalue weighted by Crippen LogP contribution is -2.41. The van der Waals surface area contributed by atoms with Gasteiger partial charge in [-0.05, 0) is 51.7 Å². The Kier molecular flexibility index (Phi) is 5.79. The van der Waals surface area contributed by atoms with Gasteiger partial charge in [-0.3, -0.25) is 0 Å². The molecule has 0 amide bonds. The summed E-state index contributed by atoms with van der Waals surface area (Å²) in [5.41, 5.74) is 0. The van der Waals surface area contributed by atoms with E-state index in [-0.39, 0.29) is 0 Å². The normalized spacial score (nSPS) is 27.5. The number of hydrogen-bond acceptors (Lipinski definition) is 2. The summed E-state index contributed by atoms with van der Waals surface area (Å²) in [5, 5.41) is 3.67. The van der Waals surface area contributed by atoms with Crippen LogP contribution in [0.15, 0.2) is 0 Å². The molecule has 2 rings (SSSR count). The van der Waals surface area contributed by atoms with Gasteiger partial charge in [-0.1, -0.05) is 32.6 Å². The lowest BCUT2D eigenvalue weighted by Gasteiger charge is -2.35. The van der Waals surface area contributed by atoms with Gasteiger partial charge in [0.2, 0.25) is 0 Å². The van der Waals surface area contributed by atoms with Gasteiger partial charge in [-0.2, -0.15) is 0 Å². The summed E-state index contributed by atoms with van der Waals surface area (Å²) in [7, 11) is 0. The highest BCUT2D eigenvalue weighted by Crippen LogP contribution is 2.23. The van der Waals surface area contributed by atoms with Crippen molar-refractivity contribution in [2.45, 2.75) is 76.8 Å². The van der Waals surface area contributed by atoms with E-state index in [1.807, 2.05) is 0 Å². The lowest BCUT2D eigenvalue weighted by atomic mass is 9.93. The van der Waals surface area contributed by atoms with Gasteiger partial charge in [0.05, 0.1) is 0 Å². The van der Waals surface area contributed by atoms with E-state index >= 15 is 0 Å². The Bertz CT molecular complexity index is 193. The van der Waals surface area contributed by atoms with Crippen molar-refractivity contribution in [3.63, 3.8) is 0 Å². The van der Waals surface area contributed by atoms with Crippen LogP contribution in [0.2, 0.25) is 0 Å². The summed E-state index contributed by atoms with van der Waals surface area (Å²) in [6, 6.07) is 1.71. The average molecular weight is 238 g/mol. The highest BCUT2D eigenvalue weighted by Gasteiger charge is 2.21. The molecule has 1 unspecified atom stereocenters. The van der Waals surface area contributed by atoms with E-state index < -0.39 is 0 Å². The van der Waals surface area contributed by atoms with Crippen molar-refractivity contribution in [1.82, 2.24) is 10.2 Å². The summed E-state index contributed by atoms with van der Waals surface area (Å²) in [4.78, 5) is 2.75. The zero-order valence-corrected chi connectivity index (χ0v) is 11.6. The first kappa shape index (κ1) is 13.4. The van der Waals surface area contributed by atoms with Crippen LogP contribution < -0.4 is 5.32 Å². The van der Waals surface area contributed by atoms with Gasteiger partial charge in [-0.15, -0.1) is 0 Å². The largest absolute Gasteiger partial charge is 0.314 e. The van der Waals surface area contributed by atoms with Crippen molar-refractivity contribution in [3.05, 3.63) is 0 Å². The maximum absolute atomic E-state index is 3.67. The van der Waals surface area contributed by atoms with Crippen LogP contribution in [0.5, 0.6) is 0 Å². The van der Waals surface area contributed by atoms with Crippen LogP contribution in [-0.2, 0) is 0 Å². The van der Waals surface area contributed by atoms with Gasteiger partial charge in [0, 0.05) is 12.1 Å². The van der Waals surface area contributed by atoms with Crippen molar-refractivity contribution in [2.24, 2.45) is 0 Å². The monoisotopic (exact) mass is 238 g/mol. The number of rotatable bonds is 5. The van der Waals surface area contributed by atoms with E-state index in [0.717, 1.165) is 12.1 Å². The Hall–Kier alpha value is -0.0800. The highest BCUT2D eigenvalue weighted by atomic mass is 15.1. The molecule has 2 fully saturated rings. The fraction of sp³-hybridized carbons (Fsp3) is 1.00. The molecule has 1 aliphatic heterocycles. The molecular weight excluding hydrogens is 208 g/mol. The molecule has 1 saturated carbocycles. The van der Waals surface area contributed by atoms with Gasteiger partial charge in [0.15, 0.2) is 0 Å². The van der Waals surface area contributed by atoms with Crippen LogP contribution in [-0.4, -0.2) is 36.6 Å². The molecule has 1 N–H and O–H groups in total. The van der Waals surface area contributed by atoms with E-state index in [1.54, 1.807) is 0 Å². The SMILES string of the molecule is CCN(CCC1CCCCN1)C1CCCCC1. The third-order valence-electron chi connectivity index (χ3n) is 4.67. The quantitative estimate of drug-likeness (QED) is 0.791. The second kappa shape index (κ2) is 7.38. The molecule has 1 aliphatic carbocycles. The Balaban J connectivity index is 1.70. The zero-order valence-electron chi connectivity index (χ0n) is 11.6. The molecular formula is C15H30N2. The first-order valence-corrected chi connectivity index (χ1v) is 7.87. The maximum atomic E-state index is 3.67. The smallest absolute Gasteiger partial charge is 0.00951 e. The molecule has 1 atom stereocenters. The van der Waals surface area contributed by atoms with E-state index in [0.29, 0.717) is 0 Å². The van der Waals surface area contributed by atoms with Gasteiger partial charge in [0.25, 0.3) is 0 Å². The summed E-state index contributed by atoms with van der Waals surface area (Å²) in [6.07, 6.45) is 12.9. The summed E-state index contributed by atoms with van der Waals surface area (Å²) in [5.74, 6) is 0. The molecule has 0 aromatic heterocycles. The standard InChI is InChI=1S/C15H30N2/c1-2-17(15-9-4-3-5-10-15)13-11-14-8-6-7-12-16-14/h14-16H,2-13H2,1H3. The number of piperidine rings is 1. The average Bonchev–Trinajstić information content (AvgIpc) is 2.42. The van der Waals surface area contributed by atoms with Crippen LogP contribution >= 0.6 is 0 Å². The van der Waals surface area contributed by atoms with Crippen molar-refractivity contribution in [3.8, 4) is 0 Å². The van der Waals surface area contributed by atoms with Crippen molar-refractivity contribution < 1.29 is 0 Å². The van der Waals surface area contributed by atoms with Gasteiger partial charge < -0.3 is 10.2 Å². The minimum absolute atomic E-state index is 0.807. The van der Waals surface area contributed by atoms with Gasteiger partial charge >= 0.3 is 0 Å². The predicted molar refractivity (Wildman–Crippen MR) is 74.4 cm³/mol. The molecule has 0 aromatic rings. The minimum atomic E-state index is 0.807. The first-order chi connectivity index (χ1) is 8.40. The second-order valence-electron chi connectivity index (χ2n) is 5.86. The predicted octanol–water partition coefficient (Wildman–Crippen LogP) is 3.17. The Morgan fingerprint density at radius 1 is 1.00 bits per heavy atom. The fourth-order valence-corrected chi connectivity index (χ4v) is 3.54. The third kappa shape index (κ3) is 4.26. The molecule has 0 radical (unpaired) electrons. The molecule has 2 aliphatic rings. The van der Waals surface area contributed by atoms with Crippen LogP contribution in [0.4, 0.5) is 0 Å². The molecule has 17 heavy (non-hydrogen) atoms. The molecule has 0 spiro atoms. The van der Waals surface area contributed by atoms with Crippen molar-refractivity contribution in [2.75, 3.05) is 19.6 Å². The Morgan fingerprint density at radius 3 is 2.41 bits per heavy atom. The highest BCUT2D eigenvalue weighted by molar-refractivity contribution is 4.78. The molecule has 2 heteroatoms. The minimum Gasteiger partial charge on any atom is -0.314 e. The van der Waals surface area contributed by atoms with Crippen LogP contribution in [0, 0.1) is 0 Å². The maximum Gasteiger partial charge on any atom is 0.00951 e. The molecule has 100 valence electrons. The second-order valence-corrected chi connectivity index (χ2v) is 5.86. The van der Waals surface area contributed by atoms with E-state index in [4.69, 9.17) is 0 Å². The molecule has 1 heterocycles. The summed E-state index contributed by atoms with van der Waals surface area (Å²) in [6.45, 7) is 6.15. The number of nitrogens with zero attached hydrogens (tertiary/aromatic N) is 1. The number of hydrogen-bond donors (Lipinski definition) is 1. The van der Waals surface area contributed by atoms with E-state index in [1.165, 1.54) is 77.4 Å². The lowest BCUT2D eigenvalue weighted by molar-refractivity contribution is 0.153. The number of nitrogens with one attached hydrogen (secondary N) is 1. The molecule has 2 nitrogen and oxygen atoms in total. The van der Waals surface area contributed by atoms with Gasteiger partial charge in [0.1, 0.15) is 0 Å². The molecule has 1 saturated heterocycles. The summed E-state index contributed by atoms with van der Waals surface area (Å²) < 4.78 is 0. The van der Waals surface area contributed by atoms with E-state index in [2.05, 4.69) is 17.1 Å². The Morgan fingerprint density at radius 2 is 1.76 bits per heavy atom. The van der Waals surface area contributed by atoms with Crippen LogP contribution in [0.3, 0.4) is 0 Å². The van der Waals surface area contributed by atoms with Crippen LogP contribution in [0.1, 0.15) is 64.7 Å². The third-order valence-corrected chi connectivity index (χ3v) is 4.67. The topological polar surface area (TPSA) is 15.3 Å². The van der Waals surface area contributed by atoms with Crippen molar-refractivity contribution >= 4 is 0 Å². The summed E-state index contributed by atoms with van der Waals surface area (Å²) >= 11 is 0. The zero-order chi connectivity index (χ0) is 11.9.